The molecule has 9 rings (SSSR count). The van der Waals surface area contributed by atoms with Crippen LogP contribution >= 0.6 is 0 Å². The van der Waals surface area contributed by atoms with Gasteiger partial charge in [-0.2, -0.15) is 0 Å². The van der Waals surface area contributed by atoms with Crippen molar-refractivity contribution in [3.05, 3.63) is 145 Å². The molecule has 8 nitrogen and oxygen atoms in total. The molecule has 0 amide bonds. The van der Waals surface area contributed by atoms with Crippen LogP contribution in [0.1, 0.15) is 22.8 Å². The van der Waals surface area contributed by atoms with Crippen LogP contribution in [0.3, 0.4) is 0 Å². The predicted octanol–water partition coefficient (Wildman–Crippen LogP) is 2.88. The van der Waals surface area contributed by atoms with Gasteiger partial charge in [-0.1, -0.05) is 24.3 Å². The molecule has 0 N–H and O–H groups in total. The van der Waals surface area contributed by atoms with Crippen molar-refractivity contribution < 1.29 is 51.1 Å². The van der Waals surface area contributed by atoms with Gasteiger partial charge in [-0.15, -0.1) is 22.1 Å². The van der Waals surface area contributed by atoms with Gasteiger partial charge in [0, 0.05) is 48.5 Å². The molecule has 2 aliphatic heterocycles. The molecule has 0 aromatic carbocycles. The summed E-state index contributed by atoms with van der Waals surface area (Å²) in [5.41, 5.74) is 14.7. The van der Waals surface area contributed by atoms with Crippen LogP contribution in [0, 0.1) is 0 Å². The maximum Gasteiger partial charge on any atom is 2.00 e. The minimum atomic E-state index is 0. The average Bonchev–Trinajstić information content (AvgIpc) is 3.99. The molecule has 2 aliphatic rings. The van der Waals surface area contributed by atoms with E-state index >= 15 is 0 Å². The maximum absolute atomic E-state index is 5.35. The smallest absolute Gasteiger partial charge is 1.00 e. The summed E-state index contributed by atoms with van der Waals surface area (Å²) in [6.07, 6.45) is 24.9. The van der Waals surface area contributed by atoms with Gasteiger partial charge >= 0.3 is 20.4 Å². The summed E-state index contributed by atoms with van der Waals surface area (Å²) in [4.78, 5) is 21.4. The summed E-state index contributed by atoms with van der Waals surface area (Å²) in [6, 6.07) is 25.4. The Hall–Kier alpha value is -5.85. The molecule has 0 saturated carbocycles. The second kappa shape index (κ2) is 14.9. The standard InChI is InChI=1S/C44H36N8.ClH.Pd/c1-49-21-13-29(14-22-49)41-33-5-7-35(45-33)42(30-15-23-50(2)24-16-30)37-9-11-39(47-37)44(32-19-27-52(4)28-20-32)40-12-10-38(48-40)43(36-8-6-34(41)46-36)31-17-25-51(3)26-18-31;;/h5-28H,1-4H3;1H;/q+2;;+2/p-1. The van der Waals surface area contributed by atoms with Gasteiger partial charge in [0.2, 0.25) is 0 Å². The molecule has 9 heterocycles. The van der Waals surface area contributed by atoms with Gasteiger partial charge in [-0.25, -0.2) is 28.2 Å². The molecule has 266 valence electrons. The Kier molecular flexibility index (Phi) is 10.1. The molecule has 7 aromatic heterocycles. The second-order valence-electron chi connectivity index (χ2n) is 13.4. The van der Waals surface area contributed by atoms with E-state index < -0.39 is 0 Å². The van der Waals surface area contributed by atoms with Gasteiger partial charge in [-0.3, -0.25) is 0 Å². The van der Waals surface area contributed by atoms with E-state index in [1.54, 1.807) is 0 Å². The molecular weight excluding hydrogens is 782 g/mol. The topological polar surface area (TPSA) is 69.5 Å². The number of hydrogen-bond donors (Lipinski definition) is 0. The molecule has 0 radical (unpaired) electrons. The first-order valence-electron chi connectivity index (χ1n) is 17.3. The third-order valence-electron chi connectivity index (χ3n) is 9.68. The van der Waals surface area contributed by atoms with Crippen molar-refractivity contribution in [3.63, 3.8) is 0 Å². The van der Waals surface area contributed by atoms with E-state index in [2.05, 4.69) is 147 Å². The van der Waals surface area contributed by atoms with Crippen molar-refractivity contribution >= 4 is 46.4 Å². The minimum absolute atomic E-state index is 0. The van der Waals surface area contributed by atoms with Gasteiger partial charge in [0.05, 0.1) is 22.8 Å². The minimum Gasteiger partial charge on any atom is -1.00 e. The Labute approximate surface area is 333 Å². The van der Waals surface area contributed by atoms with Gasteiger partial charge in [0.1, 0.15) is 28.2 Å². The number of nitrogens with zero attached hydrogens (tertiary/aromatic N) is 8. The Bertz CT molecular complexity index is 2370. The molecule has 8 bridgehead atoms. The van der Waals surface area contributed by atoms with Crippen LogP contribution in [0.25, 0.3) is 90.9 Å². The Morgan fingerprint density at radius 2 is 0.556 bits per heavy atom. The van der Waals surface area contributed by atoms with Gasteiger partial charge in [-0.05, 0) is 68.8 Å². The SMILES string of the molecule is C[n+]1ccc(-c2c3nc(c(-c4cc[n+](C)cc4)c4ccc([n-]4)c(-c4cc[n+](C)cc4)c4nc(c(-c5cc[n+](C)cc5)c5ccc2[n-]5)C=C4)C=C3)cc1.[Cl-].[Pd+2]. The van der Waals surface area contributed by atoms with Crippen LogP contribution in [0.2, 0.25) is 0 Å². The Morgan fingerprint density at radius 1 is 0.352 bits per heavy atom. The summed E-state index contributed by atoms with van der Waals surface area (Å²) >= 11 is 0. The fraction of sp³-hybridized carbons (Fsp3) is 0.0909. The first kappa shape index (κ1) is 36.5. The van der Waals surface area contributed by atoms with E-state index in [9.17, 15) is 0 Å². The molecule has 7 aromatic rings. The number of halogens is 1. The second-order valence-corrected chi connectivity index (χ2v) is 13.4. The van der Waals surface area contributed by atoms with Crippen LogP contribution in [0.5, 0.6) is 0 Å². The monoisotopic (exact) mass is 817 g/mol. The molecule has 0 unspecified atom stereocenters. The Morgan fingerprint density at radius 3 is 0.759 bits per heavy atom. The van der Waals surface area contributed by atoms with Crippen molar-refractivity contribution in [2.24, 2.45) is 28.2 Å². The number of fused-ring (bicyclic) bond motifs is 8. The number of rotatable bonds is 4. The number of aryl methyl sites for hydroxylation is 4. The van der Waals surface area contributed by atoms with Gasteiger partial charge < -0.3 is 22.4 Å². The van der Waals surface area contributed by atoms with Crippen LogP contribution < -0.4 is 40.6 Å². The molecule has 0 spiro atoms. The van der Waals surface area contributed by atoms with Gasteiger partial charge in [0.25, 0.3) is 0 Å². The fourth-order valence-corrected chi connectivity index (χ4v) is 6.94. The van der Waals surface area contributed by atoms with Crippen molar-refractivity contribution in [2.75, 3.05) is 0 Å². The number of hydrogen-bond acceptors (Lipinski definition) is 2. The van der Waals surface area contributed by atoms with E-state index in [0.717, 1.165) is 89.4 Å². The van der Waals surface area contributed by atoms with Crippen LogP contribution in [0.4, 0.5) is 0 Å². The van der Waals surface area contributed by atoms with Gasteiger partial charge in [0.15, 0.2) is 49.6 Å². The van der Waals surface area contributed by atoms with E-state index in [4.69, 9.17) is 19.9 Å². The van der Waals surface area contributed by atoms with E-state index in [-0.39, 0.29) is 32.8 Å². The molecule has 0 saturated heterocycles. The van der Waals surface area contributed by atoms with Crippen molar-refractivity contribution in [3.8, 4) is 44.5 Å². The quantitative estimate of drug-likeness (QED) is 0.203. The van der Waals surface area contributed by atoms with Crippen molar-refractivity contribution in [1.82, 2.24) is 19.9 Å². The maximum atomic E-state index is 5.35. The van der Waals surface area contributed by atoms with Crippen LogP contribution in [-0.4, -0.2) is 9.97 Å². The zero-order chi connectivity index (χ0) is 35.3. The molecule has 0 aliphatic carbocycles. The average molecular weight is 819 g/mol. The Balaban J connectivity index is 0.00000225. The summed E-state index contributed by atoms with van der Waals surface area (Å²) < 4.78 is 8.14. The summed E-state index contributed by atoms with van der Waals surface area (Å²) in [5, 5.41) is 0. The zero-order valence-electron chi connectivity index (χ0n) is 30.1. The van der Waals surface area contributed by atoms with Crippen molar-refractivity contribution in [1.29, 1.82) is 0 Å². The normalized spacial score (nSPS) is 11.6. The fourth-order valence-electron chi connectivity index (χ4n) is 6.94. The zero-order valence-corrected chi connectivity index (χ0v) is 32.4. The first-order chi connectivity index (χ1) is 25.4. The predicted molar refractivity (Wildman–Crippen MR) is 203 cm³/mol. The third-order valence-corrected chi connectivity index (χ3v) is 9.68. The molecule has 0 atom stereocenters. The molecular formula is C44H36ClN8Pd+3. The summed E-state index contributed by atoms with van der Waals surface area (Å²) in [5.74, 6) is 0. The van der Waals surface area contributed by atoms with Crippen LogP contribution in [0.15, 0.2) is 122 Å². The molecule has 0 fully saturated rings. The third kappa shape index (κ3) is 6.74. The molecule has 54 heavy (non-hydrogen) atoms. The summed E-state index contributed by atoms with van der Waals surface area (Å²) in [6.45, 7) is 0. The first-order valence-corrected chi connectivity index (χ1v) is 17.3. The summed E-state index contributed by atoms with van der Waals surface area (Å²) in [7, 11) is 8.10. The number of pyridine rings is 4. The largest absolute Gasteiger partial charge is 2.00 e. The van der Waals surface area contributed by atoms with Crippen molar-refractivity contribution in [2.45, 2.75) is 0 Å². The van der Waals surface area contributed by atoms with E-state index in [1.807, 2.05) is 46.5 Å². The number of aromatic nitrogens is 8. The molecule has 10 heteroatoms. The van der Waals surface area contributed by atoms with Crippen LogP contribution in [-0.2, 0) is 48.6 Å². The van der Waals surface area contributed by atoms with E-state index in [0.29, 0.717) is 0 Å². The van der Waals surface area contributed by atoms with E-state index in [1.165, 1.54) is 0 Å².